The zero-order valence-corrected chi connectivity index (χ0v) is 9.92. The van der Waals surface area contributed by atoms with Gasteiger partial charge in [-0.05, 0) is 24.7 Å². The number of rotatable bonds is 3. The molecule has 2 atom stereocenters. The van der Waals surface area contributed by atoms with E-state index in [-0.39, 0.29) is 0 Å². The topological polar surface area (TPSA) is 81.1 Å². The molecule has 2 heterocycles. The van der Waals surface area contributed by atoms with Crippen molar-refractivity contribution in [2.45, 2.75) is 25.4 Å². The summed E-state index contributed by atoms with van der Waals surface area (Å²) >= 11 is 0. The van der Waals surface area contributed by atoms with Crippen molar-refractivity contribution < 1.29 is 0 Å². The fraction of sp³-hybridized carbons (Fsp3) is 0.667. The maximum Gasteiger partial charge on any atom is 0.219 e. The Bertz CT molecular complexity index is 386. The van der Waals surface area contributed by atoms with E-state index in [0.717, 1.165) is 31.1 Å². The summed E-state index contributed by atoms with van der Waals surface area (Å²) < 4.78 is 0. The quantitative estimate of drug-likeness (QED) is 0.781. The van der Waals surface area contributed by atoms with Crippen molar-refractivity contribution in [1.82, 2.24) is 14.9 Å². The minimum atomic E-state index is 0.336. The fourth-order valence-corrected chi connectivity index (χ4v) is 2.80. The minimum Gasteiger partial charge on any atom is -0.368 e. The Morgan fingerprint density at radius 1 is 1.24 bits per heavy atom. The summed E-state index contributed by atoms with van der Waals surface area (Å²) in [6.07, 6.45) is 6.35. The molecular formula is C12H19N5. The minimum absolute atomic E-state index is 0.336. The van der Waals surface area contributed by atoms with E-state index in [1.807, 2.05) is 0 Å². The summed E-state index contributed by atoms with van der Waals surface area (Å²) in [6, 6.07) is 0.345. The van der Waals surface area contributed by atoms with Crippen molar-refractivity contribution in [3.63, 3.8) is 0 Å². The molecule has 0 radical (unpaired) electrons. The first-order chi connectivity index (χ1) is 8.22. The van der Waals surface area contributed by atoms with Crippen LogP contribution in [0.1, 0.15) is 18.4 Å². The Morgan fingerprint density at radius 3 is 2.59 bits per heavy atom. The van der Waals surface area contributed by atoms with Crippen molar-refractivity contribution in [2.24, 2.45) is 17.6 Å². The van der Waals surface area contributed by atoms with Crippen LogP contribution in [0, 0.1) is 11.8 Å². The highest BCUT2D eigenvalue weighted by molar-refractivity contribution is 5.17. The van der Waals surface area contributed by atoms with Crippen LogP contribution in [-0.4, -0.2) is 34.0 Å². The monoisotopic (exact) mass is 233 g/mol. The molecule has 3 rings (SSSR count). The van der Waals surface area contributed by atoms with Gasteiger partial charge in [-0.3, -0.25) is 4.90 Å². The fourth-order valence-electron chi connectivity index (χ4n) is 2.80. The van der Waals surface area contributed by atoms with E-state index >= 15 is 0 Å². The maximum absolute atomic E-state index is 6.20. The molecule has 4 N–H and O–H groups in total. The number of nitrogens with zero attached hydrogens (tertiary/aromatic N) is 3. The van der Waals surface area contributed by atoms with Crippen LogP contribution < -0.4 is 11.5 Å². The predicted molar refractivity (Wildman–Crippen MR) is 65.9 cm³/mol. The van der Waals surface area contributed by atoms with Gasteiger partial charge in [-0.2, -0.15) is 0 Å². The van der Waals surface area contributed by atoms with Crippen LogP contribution in [0.5, 0.6) is 0 Å². The van der Waals surface area contributed by atoms with Crippen LogP contribution >= 0.6 is 0 Å². The SMILES string of the molecule is Nc1ncc(CN2C[C@H](C3CC3)[C@@H](N)C2)cn1. The molecule has 5 nitrogen and oxygen atoms in total. The highest BCUT2D eigenvalue weighted by atomic mass is 15.2. The van der Waals surface area contributed by atoms with E-state index in [9.17, 15) is 0 Å². The van der Waals surface area contributed by atoms with E-state index < -0.39 is 0 Å². The van der Waals surface area contributed by atoms with E-state index in [2.05, 4.69) is 14.9 Å². The van der Waals surface area contributed by atoms with Crippen molar-refractivity contribution in [3.8, 4) is 0 Å². The van der Waals surface area contributed by atoms with Crippen LogP contribution in [0.25, 0.3) is 0 Å². The summed E-state index contributed by atoms with van der Waals surface area (Å²) in [7, 11) is 0. The lowest BCUT2D eigenvalue weighted by Gasteiger charge is -2.15. The van der Waals surface area contributed by atoms with Gasteiger partial charge in [0.05, 0.1) is 0 Å². The average molecular weight is 233 g/mol. The molecule has 0 unspecified atom stereocenters. The molecule has 1 aliphatic heterocycles. The van der Waals surface area contributed by atoms with Crippen LogP contribution in [0.3, 0.4) is 0 Å². The standard InChI is InChI=1S/C12H19N5/c13-11-7-17(6-10(11)9-1-2-9)5-8-3-15-12(14)16-4-8/h3-4,9-11H,1-2,5-7,13H2,(H2,14,15,16)/t10-,11+/m1/s1. The lowest BCUT2D eigenvalue weighted by atomic mass is 9.99. The largest absolute Gasteiger partial charge is 0.368 e. The number of hydrogen-bond acceptors (Lipinski definition) is 5. The molecule has 1 aromatic heterocycles. The van der Waals surface area contributed by atoms with Crippen LogP contribution in [-0.2, 0) is 6.54 Å². The maximum atomic E-state index is 6.20. The second kappa shape index (κ2) is 4.23. The molecule has 1 aliphatic carbocycles. The van der Waals surface area contributed by atoms with Gasteiger partial charge < -0.3 is 11.5 Å². The Balaban J connectivity index is 1.61. The Hall–Kier alpha value is -1.20. The van der Waals surface area contributed by atoms with Crippen molar-refractivity contribution >= 4 is 5.95 Å². The third-order valence-corrected chi connectivity index (χ3v) is 3.85. The molecule has 0 aromatic carbocycles. The molecule has 0 bridgehead atoms. The van der Waals surface area contributed by atoms with Gasteiger partial charge in [-0.15, -0.1) is 0 Å². The third-order valence-electron chi connectivity index (χ3n) is 3.85. The molecule has 0 amide bonds. The molecule has 2 fully saturated rings. The summed E-state index contributed by atoms with van der Waals surface area (Å²) in [4.78, 5) is 10.4. The highest BCUT2D eigenvalue weighted by Crippen LogP contribution is 2.41. The van der Waals surface area contributed by atoms with E-state index in [0.29, 0.717) is 17.9 Å². The normalized spacial score (nSPS) is 29.7. The molecule has 1 saturated heterocycles. The zero-order chi connectivity index (χ0) is 11.8. The smallest absolute Gasteiger partial charge is 0.219 e. The van der Waals surface area contributed by atoms with E-state index in [4.69, 9.17) is 11.5 Å². The summed E-state index contributed by atoms with van der Waals surface area (Å²) in [6.45, 7) is 3.00. The Labute approximate surface area is 101 Å². The number of anilines is 1. The molecule has 5 heteroatoms. The molecule has 1 saturated carbocycles. The summed E-state index contributed by atoms with van der Waals surface area (Å²) in [5.74, 6) is 1.92. The zero-order valence-electron chi connectivity index (χ0n) is 9.92. The molecular weight excluding hydrogens is 214 g/mol. The van der Waals surface area contributed by atoms with Crippen molar-refractivity contribution in [3.05, 3.63) is 18.0 Å². The average Bonchev–Trinajstić information content (AvgIpc) is 3.08. The van der Waals surface area contributed by atoms with Gasteiger partial charge in [0, 0.05) is 43.6 Å². The molecule has 2 aliphatic rings. The van der Waals surface area contributed by atoms with Gasteiger partial charge in [-0.1, -0.05) is 0 Å². The number of nitrogens with two attached hydrogens (primary N) is 2. The second-order valence-electron chi connectivity index (χ2n) is 5.31. The van der Waals surface area contributed by atoms with Crippen LogP contribution in [0.2, 0.25) is 0 Å². The molecule has 0 spiro atoms. The third kappa shape index (κ3) is 2.40. The molecule has 17 heavy (non-hydrogen) atoms. The predicted octanol–water partition coefficient (Wildman–Crippen LogP) is 0.228. The van der Waals surface area contributed by atoms with Gasteiger partial charge in [0.1, 0.15) is 0 Å². The van der Waals surface area contributed by atoms with Crippen molar-refractivity contribution in [2.75, 3.05) is 18.8 Å². The van der Waals surface area contributed by atoms with Crippen LogP contribution in [0.4, 0.5) is 5.95 Å². The van der Waals surface area contributed by atoms with Gasteiger partial charge in [0.15, 0.2) is 0 Å². The molecule has 1 aromatic rings. The van der Waals surface area contributed by atoms with Gasteiger partial charge in [-0.25, -0.2) is 9.97 Å². The summed E-state index contributed by atoms with van der Waals surface area (Å²) in [5, 5.41) is 0. The van der Waals surface area contributed by atoms with E-state index in [1.54, 1.807) is 12.4 Å². The number of likely N-dealkylation sites (tertiary alicyclic amines) is 1. The lowest BCUT2D eigenvalue weighted by molar-refractivity contribution is 0.309. The van der Waals surface area contributed by atoms with Crippen LogP contribution in [0.15, 0.2) is 12.4 Å². The first kappa shape index (κ1) is 10.9. The summed E-state index contributed by atoms with van der Waals surface area (Å²) in [5.41, 5.74) is 12.8. The first-order valence-corrected chi connectivity index (χ1v) is 6.26. The second-order valence-corrected chi connectivity index (χ2v) is 5.31. The van der Waals surface area contributed by atoms with Crippen molar-refractivity contribution in [1.29, 1.82) is 0 Å². The Morgan fingerprint density at radius 2 is 1.94 bits per heavy atom. The number of aromatic nitrogens is 2. The van der Waals surface area contributed by atoms with Gasteiger partial charge >= 0.3 is 0 Å². The highest BCUT2D eigenvalue weighted by Gasteiger charge is 2.40. The number of nitrogen functional groups attached to an aromatic ring is 1. The van der Waals surface area contributed by atoms with Gasteiger partial charge in [0.2, 0.25) is 5.95 Å². The van der Waals surface area contributed by atoms with E-state index in [1.165, 1.54) is 12.8 Å². The van der Waals surface area contributed by atoms with Gasteiger partial charge in [0.25, 0.3) is 0 Å². The molecule has 92 valence electrons. The Kier molecular flexibility index (Phi) is 2.72. The number of hydrogen-bond donors (Lipinski definition) is 2. The first-order valence-electron chi connectivity index (χ1n) is 6.26. The lowest BCUT2D eigenvalue weighted by Crippen LogP contribution is -2.30.